The monoisotopic (exact) mass is 320 g/mol. The second kappa shape index (κ2) is 9.56. The van der Waals surface area contributed by atoms with Gasteiger partial charge in [0.2, 0.25) is 0 Å². The maximum absolute atomic E-state index is 11.7. The number of unbranched alkanes of at least 4 members (excludes halogenated alkanes) is 1. The molecule has 0 spiro atoms. The first kappa shape index (κ1) is 17.8. The largest absolute Gasteiger partial charge is 0.494 e. The zero-order valence-electron chi connectivity index (χ0n) is 14.5. The highest BCUT2D eigenvalue weighted by Gasteiger charge is 2.27. The summed E-state index contributed by atoms with van der Waals surface area (Å²) in [7, 11) is 0. The summed E-state index contributed by atoms with van der Waals surface area (Å²) in [5.41, 5.74) is 1.23. The number of esters is 1. The lowest BCUT2D eigenvalue weighted by Gasteiger charge is -2.28. The number of quaternary nitrogens is 1. The lowest BCUT2D eigenvalue weighted by molar-refractivity contribution is -0.906. The SMILES string of the molecule is CCOC(=O)C1CC[NH+](CCCCOc2cccc(C)c2)CC1. The van der Waals surface area contributed by atoms with E-state index in [1.807, 2.05) is 19.1 Å². The summed E-state index contributed by atoms with van der Waals surface area (Å²) in [4.78, 5) is 13.3. The molecule has 23 heavy (non-hydrogen) atoms. The average molecular weight is 320 g/mol. The molecule has 1 heterocycles. The van der Waals surface area contributed by atoms with Gasteiger partial charge in [-0.3, -0.25) is 4.79 Å². The number of nitrogens with one attached hydrogen (secondary N) is 1. The van der Waals surface area contributed by atoms with Crippen LogP contribution in [0.4, 0.5) is 0 Å². The number of ether oxygens (including phenoxy) is 2. The Bertz CT molecular complexity index is 481. The predicted octanol–water partition coefficient (Wildman–Crippen LogP) is 2.01. The molecule has 0 aliphatic carbocycles. The van der Waals surface area contributed by atoms with Gasteiger partial charge in [-0.25, -0.2) is 0 Å². The first-order valence-corrected chi connectivity index (χ1v) is 8.88. The second-order valence-electron chi connectivity index (χ2n) is 6.40. The zero-order chi connectivity index (χ0) is 16.5. The molecule has 1 aromatic carbocycles. The van der Waals surface area contributed by atoms with Crippen molar-refractivity contribution >= 4 is 5.97 Å². The molecule has 0 aromatic heterocycles. The molecule has 1 aromatic rings. The van der Waals surface area contributed by atoms with Gasteiger partial charge in [0.05, 0.1) is 38.8 Å². The molecule has 128 valence electrons. The van der Waals surface area contributed by atoms with E-state index in [1.165, 1.54) is 18.5 Å². The van der Waals surface area contributed by atoms with Gasteiger partial charge in [0, 0.05) is 12.8 Å². The van der Waals surface area contributed by atoms with E-state index in [0.717, 1.165) is 44.7 Å². The van der Waals surface area contributed by atoms with Crippen LogP contribution in [0, 0.1) is 12.8 Å². The van der Waals surface area contributed by atoms with Crippen molar-refractivity contribution < 1.29 is 19.2 Å². The van der Waals surface area contributed by atoms with Crippen molar-refractivity contribution in [3.8, 4) is 5.75 Å². The van der Waals surface area contributed by atoms with E-state index in [0.29, 0.717) is 6.61 Å². The minimum absolute atomic E-state index is 0.00176. The zero-order valence-corrected chi connectivity index (χ0v) is 14.5. The molecule has 1 saturated heterocycles. The second-order valence-corrected chi connectivity index (χ2v) is 6.40. The van der Waals surface area contributed by atoms with Crippen LogP contribution in [-0.2, 0) is 9.53 Å². The van der Waals surface area contributed by atoms with E-state index < -0.39 is 0 Å². The average Bonchev–Trinajstić information content (AvgIpc) is 2.55. The number of carbonyl (C=O) groups is 1. The normalized spacial score (nSPS) is 21.0. The molecular weight excluding hydrogens is 290 g/mol. The van der Waals surface area contributed by atoms with Crippen molar-refractivity contribution in [1.29, 1.82) is 0 Å². The highest BCUT2D eigenvalue weighted by molar-refractivity contribution is 5.72. The molecule has 1 aliphatic heterocycles. The van der Waals surface area contributed by atoms with Gasteiger partial charge in [-0.2, -0.15) is 0 Å². The van der Waals surface area contributed by atoms with Crippen LogP contribution in [0.3, 0.4) is 0 Å². The number of piperidine rings is 1. The van der Waals surface area contributed by atoms with Crippen molar-refractivity contribution in [3.05, 3.63) is 29.8 Å². The van der Waals surface area contributed by atoms with Crippen LogP contribution in [-0.4, -0.2) is 38.8 Å². The number of carbonyl (C=O) groups excluding carboxylic acids is 1. The summed E-state index contributed by atoms with van der Waals surface area (Å²) in [6.45, 7) is 8.57. The highest BCUT2D eigenvalue weighted by Crippen LogP contribution is 2.13. The molecule has 1 fully saturated rings. The third kappa shape index (κ3) is 6.22. The Kier molecular flexibility index (Phi) is 7.40. The topological polar surface area (TPSA) is 40.0 Å². The molecule has 0 amide bonds. The predicted molar refractivity (Wildman–Crippen MR) is 90.8 cm³/mol. The first-order chi connectivity index (χ1) is 11.2. The van der Waals surface area contributed by atoms with Gasteiger partial charge >= 0.3 is 5.97 Å². The Morgan fingerprint density at radius 1 is 1.26 bits per heavy atom. The number of likely N-dealkylation sites (tertiary alicyclic amines) is 1. The van der Waals surface area contributed by atoms with Crippen LogP contribution >= 0.6 is 0 Å². The summed E-state index contributed by atoms with van der Waals surface area (Å²) in [6.07, 6.45) is 4.19. The van der Waals surface area contributed by atoms with E-state index in [9.17, 15) is 4.79 Å². The van der Waals surface area contributed by atoms with E-state index in [2.05, 4.69) is 19.1 Å². The molecule has 0 saturated carbocycles. The minimum Gasteiger partial charge on any atom is -0.494 e. The number of hydrogen-bond donors (Lipinski definition) is 1. The molecule has 2 rings (SSSR count). The van der Waals surface area contributed by atoms with Crippen molar-refractivity contribution in [2.45, 2.75) is 39.5 Å². The summed E-state index contributed by atoms with van der Waals surface area (Å²) < 4.78 is 10.9. The summed E-state index contributed by atoms with van der Waals surface area (Å²) in [6, 6.07) is 8.20. The number of aryl methyl sites for hydroxylation is 1. The van der Waals surface area contributed by atoms with Gasteiger partial charge in [0.15, 0.2) is 0 Å². The van der Waals surface area contributed by atoms with Crippen molar-refractivity contribution in [1.82, 2.24) is 0 Å². The standard InChI is InChI=1S/C19H29NO3/c1-3-22-19(21)17-9-12-20(13-10-17)11-4-5-14-23-18-8-6-7-16(2)15-18/h6-8,15,17H,3-5,9-14H2,1-2H3/p+1. The van der Waals surface area contributed by atoms with Gasteiger partial charge in [-0.05, 0) is 44.4 Å². The third-order valence-corrected chi connectivity index (χ3v) is 4.50. The molecule has 0 atom stereocenters. The Hall–Kier alpha value is -1.55. The Morgan fingerprint density at radius 2 is 2.04 bits per heavy atom. The van der Waals surface area contributed by atoms with Gasteiger partial charge in [-0.1, -0.05) is 12.1 Å². The van der Waals surface area contributed by atoms with Gasteiger partial charge < -0.3 is 14.4 Å². The fraction of sp³-hybridized carbons (Fsp3) is 0.632. The molecule has 0 bridgehead atoms. The Balaban J connectivity index is 1.55. The fourth-order valence-electron chi connectivity index (χ4n) is 3.14. The molecule has 4 heteroatoms. The van der Waals surface area contributed by atoms with E-state index in [4.69, 9.17) is 9.47 Å². The fourth-order valence-corrected chi connectivity index (χ4v) is 3.14. The molecule has 0 unspecified atom stereocenters. The maximum atomic E-state index is 11.7. The molecule has 0 radical (unpaired) electrons. The van der Waals surface area contributed by atoms with Crippen molar-refractivity contribution in [3.63, 3.8) is 0 Å². The van der Waals surface area contributed by atoms with Crippen LogP contribution in [0.2, 0.25) is 0 Å². The lowest BCUT2D eigenvalue weighted by atomic mass is 9.97. The first-order valence-electron chi connectivity index (χ1n) is 8.88. The highest BCUT2D eigenvalue weighted by atomic mass is 16.5. The van der Waals surface area contributed by atoms with Crippen LogP contribution in [0.5, 0.6) is 5.75 Å². The van der Waals surface area contributed by atoms with E-state index in [1.54, 1.807) is 4.90 Å². The van der Waals surface area contributed by atoms with Crippen LogP contribution in [0.1, 0.15) is 38.2 Å². The lowest BCUT2D eigenvalue weighted by Crippen LogP contribution is -3.13. The summed E-state index contributed by atoms with van der Waals surface area (Å²) in [5.74, 6) is 1.09. The Labute approximate surface area is 139 Å². The molecular formula is C19H30NO3+. The number of hydrogen-bond acceptors (Lipinski definition) is 3. The summed E-state index contributed by atoms with van der Waals surface area (Å²) >= 11 is 0. The summed E-state index contributed by atoms with van der Waals surface area (Å²) in [5, 5.41) is 0. The van der Waals surface area contributed by atoms with Crippen LogP contribution in [0.25, 0.3) is 0 Å². The Morgan fingerprint density at radius 3 is 2.74 bits per heavy atom. The van der Waals surface area contributed by atoms with Crippen molar-refractivity contribution in [2.24, 2.45) is 5.92 Å². The quantitative estimate of drug-likeness (QED) is 0.588. The maximum Gasteiger partial charge on any atom is 0.309 e. The third-order valence-electron chi connectivity index (χ3n) is 4.50. The smallest absolute Gasteiger partial charge is 0.309 e. The van der Waals surface area contributed by atoms with Gasteiger partial charge in [0.1, 0.15) is 5.75 Å². The molecule has 1 aliphatic rings. The van der Waals surface area contributed by atoms with Crippen LogP contribution < -0.4 is 9.64 Å². The molecule has 1 N–H and O–H groups in total. The van der Waals surface area contributed by atoms with Gasteiger partial charge in [0.25, 0.3) is 0 Å². The van der Waals surface area contributed by atoms with Gasteiger partial charge in [-0.15, -0.1) is 0 Å². The van der Waals surface area contributed by atoms with Crippen LogP contribution in [0.15, 0.2) is 24.3 Å². The number of rotatable bonds is 8. The van der Waals surface area contributed by atoms with E-state index in [-0.39, 0.29) is 11.9 Å². The molecule has 4 nitrogen and oxygen atoms in total. The minimum atomic E-state index is -0.00176. The van der Waals surface area contributed by atoms with Crippen molar-refractivity contribution in [2.75, 3.05) is 32.8 Å². The van der Waals surface area contributed by atoms with E-state index >= 15 is 0 Å². The number of benzene rings is 1.